The van der Waals surface area contributed by atoms with Gasteiger partial charge in [-0.15, -0.1) is 0 Å². The lowest BCUT2D eigenvalue weighted by Gasteiger charge is -2.31. The van der Waals surface area contributed by atoms with Gasteiger partial charge in [-0.3, -0.25) is 0 Å². The van der Waals surface area contributed by atoms with E-state index in [0.29, 0.717) is 11.1 Å². The maximum atomic E-state index is 6.00. The third-order valence-electron chi connectivity index (χ3n) is 3.77. The molecule has 0 atom stereocenters. The summed E-state index contributed by atoms with van der Waals surface area (Å²) in [6.45, 7) is 5.63. The lowest BCUT2D eigenvalue weighted by molar-refractivity contribution is 0.524. The molecule has 0 spiro atoms. The first kappa shape index (κ1) is 15.1. The molecular weight excluding hydrogens is 324 g/mol. The fourth-order valence-electron chi connectivity index (χ4n) is 2.69. The zero-order chi connectivity index (χ0) is 13.8. The van der Waals surface area contributed by atoms with E-state index < -0.39 is 0 Å². The third kappa shape index (κ3) is 4.09. The van der Waals surface area contributed by atoms with Gasteiger partial charge >= 0.3 is 0 Å². The predicted octanol–water partition coefficient (Wildman–Crippen LogP) is 5.29. The summed E-state index contributed by atoms with van der Waals surface area (Å²) in [4.78, 5) is 7.03. The molecule has 1 aliphatic carbocycles. The van der Waals surface area contributed by atoms with Crippen molar-refractivity contribution in [1.29, 1.82) is 0 Å². The molecule has 1 aromatic rings. The van der Waals surface area contributed by atoms with E-state index in [9.17, 15) is 0 Å². The second-order valence-corrected chi connectivity index (χ2v) is 7.06. The summed E-state index contributed by atoms with van der Waals surface area (Å²) in [7, 11) is 0. The second kappa shape index (κ2) is 6.94. The minimum Gasteiger partial charge on any atom is -0.353 e. The van der Waals surface area contributed by atoms with E-state index in [2.05, 4.69) is 39.7 Å². The summed E-state index contributed by atoms with van der Waals surface area (Å²) >= 11 is 9.61. The van der Waals surface area contributed by atoms with Crippen LogP contribution in [-0.2, 0) is 0 Å². The first-order valence-corrected chi connectivity index (χ1v) is 8.32. The Balaban J connectivity index is 2.19. The van der Waals surface area contributed by atoms with Crippen molar-refractivity contribution in [2.24, 2.45) is 5.92 Å². The number of aromatic nitrogens is 1. The Labute approximate surface area is 129 Å². The standard InChI is InChI=1S/C15H22BrClN2/c1-11(2)7-8-19(13-5-3-4-6-13)15-14(16)9-12(17)10-18-15/h9-11,13H,3-8H2,1-2H3. The molecule has 0 saturated heterocycles. The van der Waals surface area contributed by atoms with Gasteiger partial charge in [-0.25, -0.2) is 4.98 Å². The summed E-state index contributed by atoms with van der Waals surface area (Å²) in [5, 5.41) is 0.686. The summed E-state index contributed by atoms with van der Waals surface area (Å²) in [5.41, 5.74) is 0. The molecule has 1 heterocycles. The van der Waals surface area contributed by atoms with Crippen molar-refractivity contribution in [3.05, 3.63) is 21.8 Å². The van der Waals surface area contributed by atoms with E-state index in [4.69, 9.17) is 11.6 Å². The van der Waals surface area contributed by atoms with Crippen LogP contribution in [-0.4, -0.2) is 17.6 Å². The van der Waals surface area contributed by atoms with Crippen LogP contribution in [0.2, 0.25) is 5.02 Å². The number of rotatable bonds is 5. The van der Waals surface area contributed by atoms with Gasteiger partial charge in [0.05, 0.1) is 9.50 Å². The maximum Gasteiger partial charge on any atom is 0.143 e. The van der Waals surface area contributed by atoms with E-state index in [0.717, 1.165) is 22.8 Å². The van der Waals surface area contributed by atoms with Gasteiger partial charge in [0.2, 0.25) is 0 Å². The molecule has 1 fully saturated rings. The van der Waals surface area contributed by atoms with E-state index in [1.54, 1.807) is 6.20 Å². The van der Waals surface area contributed by atoms with Crippen molar-refractivity contribution in [3.63, 3.8) is 0 Å². The van der Waals surface area contributed by atoms with Crippen LogP contribution in [0, 0.1) is 5.92 Å². The van der Waals surface area contributed by atoms with Crippen LogP contribution in [0.15, 0.2) is 16.7 Å². The van der Waals surface area contributed by atoms with Gasteiger partial charge in [-0.1, -0.05) is 38.3 Å². The molecule has 0 amide bonds. The second-order valence-electron chi connectivity index (χ2n) is 5.77. The van der Waals surface area contributed by atoms with Crippen molar-refractivity contribution in [2.45, 2.75) is 52.0 Å². The van der Waals surface area contributed by atoms with Crippen molar-refractivity contribution >= 4 is 33.3 Å². The molecule has 0 aromatic carbocycles. The number of hydrogen-bond acceptors (Lipinski definition) is 2. The average molecular weight is 346 g/mol. The molecular formula is C15H22BrClN2. The molecule has 0 aliphatic heterocycles. The molecule has 4 heteroatoms. The molecule has 0 radical (unpaired) electrons. The smallest absolute Gasteiger partial charge is 0.143 e. The lowest BCUT2D eigenvalue weighted by atomic mass is 10.1. The predicted molar refractivity (Wildman–Crippen MR) is 86.0 cm³/mol. The Bertz CT molecular complexity index is 417. The first-order valence-electron chi connectivity index (χ1n) is 7.15. The van der Waals surface area contributed by atoms with Crippen molar-refractivity contribution in [2.75, 3.05) is 11.4 Å². The highest BCUT2D eigenvalue weighted by atomic mass is 79.9. The monoisotopic (exact) mass is 344 g/mol. The average Bonchev–Trinajstić information content (AvgIpc) is 2.85. The van der Waals surface area contributed by atoms with Crippen LogP contribution in [0.5, 0.6) is 0 Å². The number of hydrogen-bond donors (Lipinski definition) is 0. The number of anilines is 1. The zero-order valence-electron chi connectivity index (χ0n) is 11.7. The summed E-state index contributed by atoms with van der Waals surface area (Å²) in [6, 6.07) is 2.59. The van der Waals surface area contributed by atoms with Gasteiger partial charge in [0.1, 0.15) is 5.82 Å². The van der Waals surface area contributed by atoms with Gasteiger partial charge < -0.3 is 4.90 Å². The lowest BCUT2D eigenvalue weighted by Crippen LogP contribution is -2.35. The minimum absolute atomic E-state index is 0.642. The van der Waals surface area contributed by atoms with Crippen LogP contribution in [0.4, 0.5) is 5.82 Å². The third-order valence-corrected chi connectivity index (χ3v) is 4.56. The highest BCUT2D eigenvalue weighted by Crippen LogP contribution is 2.33. The van der Waals surface area contributed by atoms with Gasteiger partial charge in [0.15, 0.2) is 0 Å². The SMILES string of the molecule is CC(C)CCN(c1ncc(Cl)cc1Br)C1CCCC1. The Kier molecular flexibility index (Phi) is 5.52. The summed E-state index contributed by atoms with van der Waals surface area (Å²) in [6.07, 6.45) is 8.21. The minimum atomic E-state index is 0.642. The molecule has 1 aromatic heterocycles. The molecule has 0 unspecified atom stereocenters. The van der Waals surface area contributed by atoms with Gasteiger partial charge in [0, 0.05) is 18.8 Å². The van der Waals surface area contributed by atoms with E-state index in [-0.39, 0.29) is 0 Å². The van der Waals surface area contributed by atoms with E-state index >= 15 is 0 Å². The largest absolute Gasteiger partial charge is 0.353 e. The Hall–Kier alpha value is -0.280. The summed E-state index contributed by atoms with van der Waals surface area (Å²) < 4.78 is 1.01. The quantitative estimate of drug-likeness (QED) is 0.720. The Morgan fingerprint density at radius 2 is 2.11 bits per heavy atom. The van der Waals surface area contributed by atoms with Crippen molar-refractivity contribution in [1.82, 2.24) is 4.98 Å². The van der Waals surface area contributed by atoms with Gasteiger partial charge in [0.25, 0.3) is 0 Å². The van der Waals surface area contributed by atoms with E-state index in [1.807, 2.05) is 6.07 Å². The molecule has 1 saturated carbocycles. The van der Waals surface area contributed by atoms with Crippen LogP contribution < -0.4 is 4.90 Å². The maximum absolute atomic E-state index is 6.00. The molecule has 0 bridgehead atoms. The summed E-state index contributed by atoms with van der Waals surface area (Å²) in [5.74, 6) is 1.77. The fraction of sp³-hybridized carbons (Fsp3) is 0.667. The number of nitrogens with zero attached hydrogens (tertiary/aromatic N) is 2. The molecule has 19 heavy (non-hydrogen) atoms. The van der Waals surface area contributed by atoms with Crippen LogP contribution in [0.1, 0.15) is 46.0 Å². The zero-order valence-corrected chi connectivity index (χ0v) is 14.0. The van der Waals surface area contributed by atoms with Crippen molar-refractivity contribution < 1.29 is 0 Å². The van der Waals surface area contributed by atoms with Gasteiger partial charge in [-0.05, 0) is 47.2 Å². The molecule has 1 aliphatic rings. The van der Waals surface area contributed by atoms with Crippen LogP contribution in [0.3, 0.4) is 0 Å². The van der Waals surface area contributed by atoms with E-state index in [1.165, 1.54) is 32.1 Å². The van der Waals surface area contributed by atoms with Crippen molar-refractivity contribution in [3.8, 4) is 0 Å². The van der Waals surface area contributed by atoms with Crippen LogP contribution >= 0.6 is 27.5 Å². The number of halogens is 2. The fourth-order valence-corrected chi connectivity index (χ4v) is 3.56. The van der Waals surface area contributed by atoms with Crippen LogP contribution in [0.25, 0.3) is 0 Å². The highest BCUT2D eigenvalue weighted by molar-refractivity contribution is 9.10. The topological polar surface area (TPSA) is 16.1 Å². The Morgan fingerprint density at radius 1 is 1.42 bits per heavy atom. The molecule has 0 N–H and O–H groups in total. The molecule has 2 nitrogen and oxygen atoms in total. The molecule has 106 valence electrons. The highest BCUT2D eigenvalue weighted by Gasteiger charge is 2.25. The normalized spacial score (nSPS) is 16.3. The molecule has 2 rings (SSSR count). The van der Waals surface area contributed by atoms with Gasteiger partial charge in [-0.2, -0.15) is 0 Å². The Morgan fingerprint density at radius 3 is 2.68 bits per heavy atom. The first-order chi connectivity index (χ1) is 9.08. The number of pyridine rings is 1.